The lowest BCUT2D eigenvalue weighted by molar-refractivity contribution is -0.136. The highest BCUT2D eigenvalue weighted by atomic mass is 35.5. The fraction of sp³-hybridized carbons (Fsp3) is 0.947. The summed E-state index contributed by atoms with van der Waals surface area (Å²) in [7, 11) is -3.41. The average Bonchev–Trinajstić information content (AvgIpc) is 3.14. The summed E-state index contributed by atoms with van der Waals surface area (Å²) < 4.78 is 28.6. The number of rotatable bonds is 5. The van der Waals surface area contributed by atoms with E-state index in [1.54, 1.807) is 0 Å². The molecule has 8 heteroatoms. The molecule has 1 aliphatic carbocycles. The molecular weight excluding hydrogens is 386 g/mol. The second-order valence-corrected chi connectivity index (χ2v) is 11.1. The van der Waals surface area contributed by atoms with Crippen molar-refractivity contribution in [3.05, 3.63) is 0 Å². The minimum atomic E-state index is -3.41. The van der Waals surface area contributed by atoms with Gasteiger partial charge in [-0.1, -0.05) is 26.7 Å². The molecule has 2 heterocycles. The highest BCUT2D eigenvalue weighted by Gasteiger charge is 2.37. The van der Waals surface area contributed by atoms with Gasteiger partial charge in [-0.25, -0.2) is 13.1 Å². The van der Waals surface area contributed by atoms with E-state index in [1.807, 2.05) is 4.90 Å². The molecule has 2 atom stereocenters. The number of hydrogen-bond acceptors (Lipinski definition) is 4. The van der Waals surface area contributed by atoms with Crippen LogP contribution in [0.3, 0.4) is 0 Å². The quantitative estimate of drug-likeness (QED) is 0.713. The Balaban J connectivity index is 0.00000261. The second-order valence-electron chi connectivity index (χ2n) is 9.02. The Hall–Kier alpha value is -0.370. The largest absolute Gasteiger partial charge is 0.341 e. The van der Waals surface area contributed by atoms with E-state index in [0.717, 1.165) is 51.5 Å². The van der Waals surface area contributed by atoms with Gasteiger partial charge in [-0.05, 0) is 50.5 Å². The van der Waals surface area contributed by atoms with Crippen molar-refractivity contribution >= 4 is 28.3 Å². The van der Waals surface area contributed by atoms with Gasteiger partial charge in [0.25, 0.3) is 0 Å². The predicted octanol–water partition coefficient (Wildman–Crippen LogP) is 2.29. The lowest BCUT2D eigenvalue weighted by atomic mass is 9.78. The molecule has 0 radical (unpaired) electrons. The minimum Gasteiger partial charge on any atom is -0.341 e. The summed E-state index contributed by atoms with van der Waals surface area (Å²) in [6.07, 6.45) is 7.84. The van der Waals surface area contributed by atoms with Crippen LogP contribution < -0.4 is 10.0 Å². The number of amides is 1. The number of carbonyl (C=O) groups excluding carboxylic acids is 1. The Bertz CT molecular complexity index is 605. The predicted molar refractivity (Wildman–Crippen MR) is 111 cm³/mol. The summed E-state index contributed by atoms with van der Waals surface area (Å²) in [5.41, 5.74) is 0.0950. The van der Waals surface area contributed by atoms with Gasteiger partial charge >= 0.3 is 0 Å². The van der Waals surface area contributed by atoms with E-state index in [9.17, 15) is 13.2 Å². The third-order valence-corrected chi connectivity index (χ3v) is 8.49. The van der Waals surface area contributed by atoms with Crippen molar-refractivity contribution in [2.24, 2.45) is 11.3 Å². The Morgan fingerprint density at radius 3 is 2.52 bits per heavy atom. The van der Waals surface area contributed by atoms with E-state index in [4.69, 9.17) is 0 Å². The molecule has 0 aromatic rings. The number of nitrogens with zero attached hydrogens (tertiary/aromatic N) is 1. The summed E-state index contributed by atoms with van der Waals surface area (Å²) in [5.74, 6) is 0.300. The van der Waals surface area contributed by atoms with Gasteiger partial charge in [0.2, 0.25) is 15.9 Å². The molecule has 2 N–H and O–H groups in total. The van der Waals surface area contributed by atoms with Gasteiger partial charge in [0.05, 0.1) is 5.25 Å². The zero-order chi connectivity index (χ0) is 18.8. The van der Waals surface area contributed by atoms with Gasteiger partial charge in [-0.2, -0.15) is 0 Å². The van der Waals surface area contributed by atoms with Crippen molar-refractivity contribution in [2.75, 3.05) is 26.2 Å². The van der Waals surface area contributed by atoms with Crippen LogP contribution in [0.15, 0.2) is 0 Å². The van der Waals surface area contributed by atoms with Crippen LogP contribution in [0.25, 0.3) is 0 Å². The Kier molecular flexibility index (Phi) is 7.99. The van der Waals surface area contributed by atoms with Crippen molar-refractivity contribution < 1.29 is 13.2 Å². The zero-order valence-electron chi connectivity index (χ0n) is 16.7. The van der Waals surface area contributed by atoms with Crippen LogP contribution >= 0.6 is 12.4 Å². The Morgan fingerprint density at radius 2 is 1.85 bits per heavy atom. The zero-order valence-corrected chi connectivity index (χ0v) is 18.3. The third-order valence-electron chi connectivity index (χ3n) is 6.65. The highest BCUT2D eigenvalue weighted by molar-refractivity contribution is 7.90. The van der Waals surface area contributed by atoms with Gasteiger partial charge in [0.15, 0.2) is 0 Å². The fourth-order valence-electron chi connectivity index (χ4n) is 4.76. The molecule has 1 amide bonds. The first-order valence-corrected chi connectivity index (χ1v) is 11.8. The molecule has 3 aliphatic rings. The number of hydrogen-bond donors (Lipinski definition) is 2. The van der Waals surface area contributed by atoms with E-state index in [2.05, 4.69) is 23.9 Å². The standard InChI is InChI=1S/C19H35N3O3S.ClH/c1-19(2)10-6-11-20-17(19)13-21-26(24,25)16-9-5-12-22(14-16)18(23)15-7-3-4-8-15;/h15-17,20-21H,3-14H2,1-2H3;1H. The van der Waals surface area contributed by atoms with E-state index in [1.165, 1.54) is 0 Å². The molecule has 1 saturated carbocycles. The molecule has 0 aromatic carbocycles. The van der Waals surface area contributed by atoms with Crippen LogP contribution in [-0.4, -0.2) is 56.7 Å². The molecule has 3 rings (SSSR count). The normalized spacial score (nSPS) is 29.3. The highest BCUT2D eigenvalue weighted by Crippen LogP contribution is 2.30. The molecular formula is C19H36ClN3O3S. The van der Waals surface area contributed by atoms with Crippen LogP contribution in [0.4, 0.5) is 0 Å². The SMILES string of the molecule is CC1(C)CCCNC1CNS(=O)(=O)C1CCCN(C(=O)C2CCCC2)C1.Cl. The van der Waals surface area contributed by atoms with E-state index >= 15 is 0 Å². The number of sulfonamides is 1. The summed E-state index contributed by atoms with van der Waals surface area (Å²) in [4.78, 5) is 14.5. The number of halogens is 1. The molecule has 0 spiro atoms. The van der Waals surface area contributed by atoms with Crippen LogP contribution in [0.1, 0.15) is 65.2 Å². The van der Waals surface area contributed by atoms with Gasteiger partial charge < -0.3 is 10.2 Å². The van der Waals surface area contributed by atoms with Gasteiger partial charge in [-0.3, -0.25) is 4.79 Å². The lowest BCUT2D eigenvalue weighted by Crippen LogP contribution is -2.55. The lowest BCUT2D eigenvalue weighted by Gasteiger charge is -2.40. The fourth-order valence-corrected chi connectivity index (χ4v) is 6.25. The monoisotopic (exact) mass is 421 g/mol. The molecule has 0 bridgehead atoms. The molecule has 27 heavy (non-hydrogen) atoms. The van der Waals surface area contributed by atoms with Crippen molar-refractivity contribution in [1.82, 2.24) is 14.9 Å². The number of piperidine rings is 2. The van der Waals surface area contributed by atoms with Crippen molar-refractivity contribution in [3.63, 3.8) is 0 Å². The minimum absolute atomic E-state index is 0. The summed E-state index contributed by atoms with van der Waals surface area (Å²) in [6.45, 7) is 6.83. The molecule has 158 valence electrons. The van der Waals surface area contributed by atoms with Crippen molar-refractivity contribution in [3.8, 4) is 0 Å². The van der Waals surface area contributed by atoms with Crippen molar-refractivity contribution in [1.29, 1.82) is 0 Å². The topological polar surface area (TPSA) is 78.5 Å². The van der Waals surface area contributed by atoms with Gasteiger partial charge in [0, 0.05) is 31.6 Å². The molecule has 2 saturated heterocycles. The van der Waals surface area contributed by atoms with Crippen LogP contribution in [0.2, 0.25) is 0 Å². The van der Waals surface area contributed by atoms with Crippen molar-refractivity contribution in [2.45, 2.75) is 76.5 Å². The molecule has 2 unspecified atom stereocenters. The number of carbonyl (C=O) groups is 1. The first-order valence-electron chi connectivity index (χ1n) is 10.3. The summed E-state index contributed by atoms with van der Waals surface area (Å²) in [6, 6.07) is 0.158. The summed E-state index contributed by atoms with van der Waals surface area (Å²) >= 11 is 0. The van der Waals surface area contributed by atoms with E-state index in [-0.39, 0.29) is 35.7 Å². The molecule has 6 nitrogen and oxygen atoms in total. The second kappa shape index (κ2) is 9.42. The third kappa shape index (κ3) is 5.58. The molecule has 3 fully saturated rings. The van der Waals surface area contributed by atoms with E-state index in [0.29, 0.717) is 26.1 Å². The first kappa shape index (κ1) is 22.9. The van der Waals surface area contributed by atoms with Crippen LogP contribution in [0.5, 0.6) is 0 Å². The van der Waals surface area contributed by atoms with Gasteiger partial charge in [0.1, 0.15) is 0 Å². The van der Waals surface area contributed by atoms with Crippen LogP contribution in [0, 0.1) is 11.3 Å². The maximum absolute atomic E-state index is 12.9. The van der Waals surface area contributed by atoms with Gasteiger partial charge in [-0.15, -0.1) is 12.4 Å². The summed E-state index contributed by atoms with van der Waals surface area (Å²) in [5, 5.41) is 2.98. The Morgan fingerprint density at radius 1 is 1.15 bits per heavy atom. The molecule has 0 aromatic heterocycles. The maximum Gasteiger partial charge on any atom is 0.225 e. The maximum atomic E-state index is 12.9. The molecule has 2 aliphatic heterocycles. The van der Waals surface area contributed by atoms with E-state index < -0.39 is 15.3 Å². The van der Waals surface area contributed by atoms with Crippen LogP contribution in [-0.2, 0) is 14.8 Å². The number of nitrogens with one attached hydrogen (secondary N) is 2. The smallest absolute Gasteiger partial charge is 0.225 e. The average molecular weight is 422 g/mol. The Labute approximate surface area is 170 Å². The number of likely N-dealkylation sites (tertiary alicyclic amines) is 1. The first-order chi connectivity index (χ1) is 12.3.